The second kappa shape index (κ2) is 8.76. The van der Waals surface area contributed by atoms with Crippen LogP contribution in [0.5, 0.6) is 0 Å². The van der Waals surface area contributed by atoms with Crippen LogP contribution in [0.1, 0.15) is 30.7 Å². The van der Waals surface area contributed by atoms with Gasteiger partial charge in [0.2, 0.25) is 11.8 Å². The molecule has 3 aliphatic rings. The van der Waals surface area contributed by atoms with Crippen LogP contribution in [0, 0.1) is 24.7 Å². The number of amides is 2. The summed E-state index contributed by atoms with van der Waals surface area (Å²) < 4.78 is 4.71. The van der Waals surface area contributed by atoms with Crippen molar-refractivity contribution in [3.8, 4) is 0 Å². The van der Waals surface area contributed by atoms with Crippen molar-refractivity contribution < 1.29 is 14.2 Å². The molecule has 0 saturated carbocycles. The van der Waals surface area contributed by atoms with Gasteiger partial charge in [0.1, 0.15) is 11.4 Å². The highest BCUT2D eigenvalue weighted by Gasteiger charge is 2.36. The van der Waals surface area contributed by atoms with Gasteiger partial charge in [-0.2, -0.15) is 0 Å². The van der Waals surface area contributed by atoms with Crippen LogP contribution in [0.2, 0.25) is 0 Å². The molecule has 0 aromatic carbocycles. The molecule has 2 amide bonds. The summed E-state index contributed by atoms with van der Waals surface area (Å²) in [5.41, 5.74) is 1.29. The van der Waals surface area contributed by atoms with E-state index in [2.05, 4.69) is 10.3 Å². The van der Waals surface area contributed by atoms with Crippen LogP contribution in [0.4, 0.5) is 0 Å². The molecule has 4 rings (SSSR count). The third-order valence-corrected chi connectivity index (χ3v) is 6.33. The van der Waals surface area contributed by atoms with Crippen molar-refractivity contribution in [1.82, 2.24) is 20.1 Å². The fourth-order valence-electron chi connectivity index (χ4n) is 4.59. The van der Waals surface area contributed by atoms with Crippen LogP contribution in [-0.2, 0) is 16.0 Å². The summed E-state index contributed by atoms with van der Waals surface area (Å²) in [4.78, 5) is 29.5. The third kappa shape index (κ3) is 4.49. The zero-order valence-corrected chi connectivity index (χ0v) is 16.9. The zero-order chi connectivity index (χ0) is 20.2. The number of aryl methyl sites for hydroxylation is 1. The summed E-state index contributed by atoms with van der Waals surface area (Å²) in [5, 5.41) is 7.59. The number of rotatable bonds is 4. The molecule has 2 saturated heterocycles. The van der Waals surface area contributed by atoms with E-state index in [1.165, 1.54) is 0 Å². The molecule has 1 aromatic rings. The number of carbonyl (C=O) groups excluding carboxylic acids is 2. The van der Waals surface area contributed by atoms with Crippen LogP contribution in [-0.4, -0.2) is 58.1 Å². The molecule has 1 aliphatic carbocycles. The van der Waals surface area contributed by atoms with E-state index < -0.39 is 0 Å². The Morgan fingerprint density at radius 3 is 2.45 bits per heavy atom. The summed E-state index contributed by atoms with van der Waals surface area (Å²) in [7, 11) is 0. The topological polar surface area (TPSA) is 79.5 Å². The number of allylic oxidation sites excluding steroid dienone is 4. The number of piperidine rings is 1. The second-order valence-corrected chi connectivity index (χ2v) is 8.23. The molecule has 0 N–H and O–H groups in total. The molecule has 0 radical (unpaired) electrons. The van der Waals surface area contributed by atoms with Crippen LogP contribution in [0.3, 0.4) is 0 Å². The van der Waals surface area contributed by atoms with Gasteiger partial charge in [0, 0.05) is 26.2 Å². The van der Waals surface area contributed by atoms with Crippen molar-refractivity contribution in [2.45, 2.75) is 32.6 Å². The number of likely N-dealkylation sites (tertiary alicyclic amines) is 2. The highest BCUT2D eigenvalue weighted by atomic mass is 16.6. The fourth-order valence-corrected chi connectivity index (χ4v) is 4.59. The maximum atomic E-state index is 12.9. The third-order valence-electron chi connectivity index (χ3n) is 6.33. The lowest BCUT2D eigenvalue weighted by molar-refractivity contribution is -0.134. The van der Waals surface area contributed by atoms with Gasteiger partial charge >= 0.3 is 0 Å². The van der Waals surface area contributed by atoms with Crippen molar-refractivity contribution in [1.29, 1.82) is 0 Å². The van der Waals surface area contributed by atoms with Gasteiger partial charge in [0.05, 0.1) is 12.3 Å². The first-order chi connectivity index (χ1) is 14.1. The normalized spacial score (nSPS) is 24.9. The minimum Gasteiger partial charge on any atom is -0.342 e. The quantitative estimate of drug-likeness (QED) is 0.780. The van der Waals surface area contributed by atoms with Crippen molar-refractivity contribution in [3.63, 3.8) is 0 Å². The molecule has 0 bridgehead atoms. The van der Waals surface area contributed by atoms with E-state index >= 15 is 0 Å². The van der Waals surface area contributed by atoms with E-state index in [0.29, 0.717) is 23.2 Å². The monoisotopic (exact) mass is 396 g/mol. The molecule has 3 heterocycles. The molecule has 2 fully saturated rings. The van der Waals surface area contributed by atoms with Gasteiger partial charge < -0.3 is 9.80 Å². The average Bonchev–Trinajstić information content (AvgIpc) is 3.29. The van der Waals surface area contributed by atoms with Crippen LogP contribution in [0.25, 0.3) is 0 Å². The van der Waals surface area contributed by atoms with Gasteiger partial charge in [-0.3, -0.25) is 9.59 Å². The molecule has 0 spiro atoms. The molecule has 1 aromatic heterocycles. The molecule has 2 atom stereocenters. The molecule has 154 valence electrons. The first-order valence-corrected chi connectivity index (χ1v) is 10.5. The average molecular weight is 396 g/mol. The van der Waals surface area contributed by atoms with Gasteiger partial charge in [-0.1, -0.05) is 46.8 Å². The molecule has 7 nitrogen and oxygen atoms in total. The number of hydrogen-bond donors (Lipinski definition) is 0. The van der Waals surface area contributed by atoms with Crippen LogP contribution < -0.4 is 0 Å². The van der Waals surface area contributed by atoms with Gasteiger partial charge in [-0.15, -0.1) is 0 Å². The van der Waals surface area contributed by atoms with E-state index in [9.17, 15) is 9.59 Å². The van der Waals surface area contributed by atoms with Crippen LogP contribution >= 0.6 is 0 Å². The van der Waals surface area contributed by atoms with E-state index in [-0.39, 0.29) is 24.2 Å². The largest absolute Gasteiger partial charge is 0.342 e. The van der Waals surface area contributed by atoms with Crippen molar-refractivity contribution in [3.05, 3.63) is 47.8 Å². The Hall–Kier alpha value is -2.70. The number of aromatic nitrogens is 2. The Labute approximate surface area is 171 Å². The van der Waals surface area contributed by atoms with Crippen molar-refractivity contribution in [2.24, 2.45) is 17.8 Å². The highest BCUT2D eigenvalue weighted by molar-refractivity contribution is 5.83. The smallest absolute Gasteiger partial charge is 0.233 e. The molecule has 2 aliphatic heterocycles. The van der Waals surface area contributed by atoms with E-state index in [0.717, 1.165) is 45.4 Å². The van der Waals surface area contributed by atoms with Gasteiger partial charge in [-0.05, 0) is 38.0 Å². The lowest BCUT2D eigenvalue weighted by Gasteiger charge is -2.35. The van der Waals surface area contributed by atoms with Gasteiger partial charge in [0.25, 0.3) is 0 Å². The highest BCUT2D eigenvalue weighted by Crippen LogP contribution is 2.32. The van der Waals surface area contributed by atoms with Crippen molar-refractivity contribution in [2.75, 3.05) is 26.2 Å². The Morgan fingerprint density at radius 1 is 1.00 bits per heavy atom. The van der Waals surface area contributed by atoms with Crippen molar-refractivity contribution >= 4 is 11.8 Å². The Kier molecular flexibility index (Phi) is 5.92. The Bertz CT molecular complexity index is 825. The number of nitrogens with zero attached hydrogens (tertiary/aromatic N) is 4. The van der Waals surface area contributed by atoms with Crippen LogP contribution in [0.15, 0.2) is 41.1 Å². The molecule has 7 heteroatoms. The number of carbonyl (C=O) groups is 2. The van der Waals surface area contributed by atoms with E-state index in [1.807, 2.05) is 46.3 Å². The maximum absolute atomic E-state index is 12.9. The summed E-state index contributed by atoms with van der Waals surface area (Å²) >= 11 is 0. The first-order valence-electron chi connectivity index (χ1n) is 10.5. The lowest BCUT2D eigenvalue weighted by Crippen LogP contribution is -2.43. The summed E-state index contributed by atoms with van der Waals surface area (Å²) in [6, 6.07) is 0. The Morgan fingerprint density at radius 2 is 1.72 bits per heavy atom. The molecule has 29 heavy (non-hydrogen) atoms. The summed E-state index contributed by atoms with van der Waals surface area (Å²) in [6.07, 6.45) is 15.1. The number of hydrogen-bond acceptors (Lipinski definition) is 5. The predicted molar refractivity (Wildman–Crippen MR) is 108 cm³/mol. The first kappa shape index (κ1) is 19.6. The summed E-state index contributed by atoms with van der Waals surface area (Å²) in [5.74, 6) is 1.00. The van der Waals surface area contributed by atoms with Gasteiger partial charge in [0.15, 0.2) is 0 Å². The standard InChI is InChI=1S/C22H28N4O3/c1-16-20(24-29-23-16)13-21(27)25-11-6-9-18(14-25)19-10-12-26(15-19)22(28)17-7-4-2-3-5-8-17/h2-5,7-8,17-19H,6,9-15H2,1H3. The van der Waals surface area contributed by atoms with Gasteiger partial charge in [-0.25, -0.2) is 4.63 Å². The molecule has 2 unspecified atom stereocenters. The maximum Gasteiger partial charge on any atom is 0.233 e. The second-order valence-electron chi connectivity index (χ2n) is 8.23. The SMILES string of the molecule is Cc1nonc1CC(=O)N1CCCC(C2CCN(C(=O)C3C=CC=CC=C3)C2)C1. The fraction of sp³-hybridized carbons (Fsp3) is 0.545. The predicted octanol–water partition coefficient (Wildman–Crippen LogP) is 2.31. The molecular weight excluding hydrogens is 368 g/mol. The minimum absolute atomic E-state index is 0.0839. The zero-order valence-electron chi connectivity index (χ0n) is 16.9. The Balaban J connectivity index is 1.32. The van der Waals surface area contributed by atoms with E-state index in [1.54, 1.807) is 6.92 Å². The van der Waals surface area contributed by atoms with E-state index in [4.69, 9.17) is 4.63 Å². The summed E-state index contributed by atoms with van der Waals surface area (Å²) in [6.45, 7) is 4.96. The molecular formula is C22H28N4O3. The lowest BCUT2D eigenvalue weighted by atomic mass is 9.84. The minimum atomic E-state index is -0.174.